The number of carbonyl (C=O) groups is 3. The first-order chi connectivity index (χ1) is 13.7. The fourth-order valence-electron chi connectivity index (χ4n) is 2.66. The van der Waals surface area contributed by atoms with Crippen molar-refractivity contribution in [3.8, 4) is 5.75 Å². The molecule has 1 aromatic carbocycles. The molecule has 2 rings (SSSR count). The standard InChI is InChI=1S/C19H24BrN3O5S/c1-11(2)10-28-15-5-4-12(8-13(15)20)17(25)22-19(29)23-7-6-21-18(26)14(23)9-16(24)27-3/h4-5,8,11,14H,6-7,9-10H2,1-3H3,(H,21,26)(H,22,25,29). The van der Waals surface area contributed by atoms with Crippen molar-refractivity contribution in [1.82, 2.24) is 15.5 Å². The summed E-state index contributed by atoms with van der Waals surface area (Å²) in [5.74, 6) is -0.278. The summed E-state index contributed by atoms with van der Waals surface area (Å²) in [6.07, 6.45) is -0.161. The third-order valence-corrected chi connectivity index (χ3v) is 5.12. The van der Waals surface area contributed by atoms with Crippen LogP contribution in [0.15, 0.2) is 22.7 Å². The number of carbonyl (C=O) groups excluding carboxylic acids is 3. The van der Waals surface area contributed by atoms with Gasteiger partial charge in [-0.05, 0) is 52.3 Å². The summed E-state index contributed by atoms with van der Waals surface area (Å²) in [6, 6.07) is 4.15. The van der Waals surface area contributed by atoms with E-state index in [0.29, 0.717) is 41.4 Å². The fourth-order valence-corrected chi connectivity index (χ4v) is 3.46. The number of nitrogens with one attached hydrogen (secondary N) is 2. The Hall–Kier alpha value is -2.20. The number of benzene rings is 1. The number of amides is 2. The van der Waals surface area contributed by atoms with Gasteiger partial charge < -0.3 is 19.7 Å². The van der Waals surface area contributed by atoms with E-state index in [2.05, 4.69) is 31.3 Å². The lowest BCUT2D eigenvalue weighted by Crippen LogP contribution is -2.60. The third-order valence-electron chi connectivity index (χ3n) is 4.17. The van der Waals surface area contributed by atoms with Gasteiger partial charge in [0.25, 0.3) is 5.91 Å². The van der Waals surface area contributed by atoms with Gasteiger partial charge in [-0.3, -0.25) is 19.7 Å². The molecule has 1 saturated heterocycles. The Morgan fingerprint density at radius 3 is 2.76 bits per heavy atom. The molecule has 2 N–H and O–H groups in total. The van der Waals surface area contributed by atoms with E-state index in [-0.39, 0.29) is 17.4 Å². The van der Waals surface area contributed by atoms with Gasteiger partial charge in [0.05, 0.1) is 24.6 Å². The number of rotatable bonds is 6. The van der Waals surface area contributed by atoms with Crippen molar-refractivity contribution in [3.05, 3.63) is 28.2 Å². The number of methoxy groups -OCH3 is 1. The number of ether oxygens (including phenoxy) is 2. The van der Waals surface area contributed by atoms with Crippen LogP contribution in [0.25, 0.3) is 0 Å². The van der Waals surface area contributed by atoms with E-state index >= 15 is 0 Å². The van der Waals surface area contributed by atoms with Gasteiger partial charge in [-0.2, -0.15) is 0 Å². The molecule has 158 valence electrons. The first kappa shape index (κ1) is 23.1. The van der Waals surface area contributed by atoms with E-state index in [9.17, 15) is 14.4 Å². The molecule has 2 amide bonds. The zero-order valence-corrected chi connectivity index (χ0v) is 18.9. The molecule has 0 spiro atoms. The second-order valence-electron chi connectivity index (χ2n) is 6.89. The lowest BCUT2D eigenvalue weighted by molar-refractivity contribution is -0.144. The van der Waals surface area contributed by atoms with Crippen molar-refractivity contribution in [3.63, 3.8) is 0 Å². The van der Waals surface area contributed by atoms with E-state index in [1.807, 2.05) is 13.8 Å². The van der Waals surface area contributed by atoms with Gasteiger partial charge in [0.1, 0.15) is 11.8 Å². The molecule has 0 saturated carbocycles. The Bertz CT molecular complexity index is 802. The van der Waals surface area contributed by atoms with Crippen LogP contribution in [-0.2, 0) is 14.3 Å². The van der Waals surface area contributed by atoms with Gasteiger partial charge in [-0.15, -0.1) is 0 Å². The number of halogens is 1. The molecule has 1 unspecified atom stereocenters. The van der Waals surface area contributed by atoms with Crippen molar-refractivity contribution in [2.24, 2.45) is 5.92 Å². The molecule has 1 aromatic rings. The van der Waals surface area contributed by atoms with Crippen LogP contribution >= 0.6 is 28.1 Å². The molecular weight excluding hydrogens is 462 g/mol. The summed E-state index contributed by atoms with van der Waals surface area (Å²) in [5.41, 5.74) is 0.377. The predicted molar refractivity (Wildman–Crippen MR) is 115 cm³/mol. The second kappa shape index (κ2) is 10.5. The highest BCUT2D eigenvalue weighted by Crippen LogP contribution is 2.26. The van der Waals surface area contributed by atoms with Gasteiger partial charge in [-0.25, -0.2) is 0 Å². The third kappa shape index (κ3) is 6.40. The zero-order valence-electron chi connectivity index (χ0n) is 16.5. The minimum atomic E-state index is -0.831. The molecule has 0 bridgehead atoms. The Morgan fingerprint density at radius 1 is 1.41 bits per heavy atom. The fraction of sp³-hybridized carbons (Fsp3) is 0.474. The van der Waals surface area contributed by atoms with Crippen LogP contribution in [0.1, 0.15) is 30.6 Å². The van der Waals surface area contributed by atoms with E-state index in [0.717, 1.165) is 0 Å². The molecule has 0 aromatic heterocycles. The van der Waals surface area contributed by atoms with Gasteiger partial charge in [0, 0.05) is 18.7 Å². The van der Waals surface area contributed by atoms with E-state index in [4.69, 9.17) is 17.0 Å². The highest BCUT2D eigenvalue weighted by molar-refractivity contribution is 9.10. The first-order valence-corrected chi connectivity index (χ1v) is 10.3. The van der Waals surface area contributed by atoms with Crippen LogP contribution in [-0.4, -0.2) is 60.6 Å². The highest BCUT2D eigenvalue weighted by Gasteiger charge is 2.34. The Morgan fingerprint density at radius 2 is 2.14 bits per heavy atom. The lowest BCUT2D eigenvalue weighted by atomic mass is 10.1. The number of thiocarbonyl (C=S) groups is 1. The van der Waals surface area contributed by atoms with Crippen molar-refractivity contribution >= 4 is 51.0 Å². The summed E-state index contributed by atoms with van der Waals surface area (Å²) >= 11 is 8.73. The molecule has 1 heterocycles. The Balaban J connectivity index is 2.06. The first-order valence-electron chi connectivity index (χ1n) is 9.11. The predicted octanol–water partition coefficient (Wildman–Crippen LogP) is 1.86. The number of hydrogen-bond donors (Lipinski definition) is 2. The van der Waals surface area contributed by atoms with Gasteiger partial charge >= 0.3 is 5.97 Å². The molecular formula is C19H24BrN3O5S. The minimum Gasteiger partial charge on any atom is -0.492 e. The lowest BCUT2D eigenvalue weighted by Gasteiger charge is -2.36. The quantitative estimate of drug-likeness (QED) is 0.468. The molecule has 1 atom stereocenters. The van der Waals surface area contributed by atoms with Gasteiger partial charge in [0.15, 0.2) is 5.11 Å². The molecule has 1 aliphatic rings. The van der Waals surface area contributed by atoms with Gasteiger partial charge in [-0.1, -0.05) is 13.8 Å². The number of piperazine rings is 1. The van der Waals surface area contributed by atoms with Crippen molar-refractivity contribution in [2.75, 3.05) is 26.8 Å². The summed E-state index contributed by atoms with van der Waals surface area (Å²) in [6.45, 7) is 5.39. The van der Waals surface area contributed by atoms with Crippen LogP contribution in [0.5, 0.6) is 5.75 Å². The largest absolute Gasteiger partial charge is 0.492 e. The van der Waals surface area contributed by atoms with Gasteiger partial charge in [0.2, 0.25) is 5.91 Å². The number of nitrogens with zero attached hydrogens (tertiary/aromatic N) is 1. The summed E-state index contributed by atoms with van der Waals surface area (Å²) in [5, 5.41) is 5.39. The van der Waals surface area contributed by atoms with Crippen LogP contribution in [0.3, 0.4) is 0 Å². The van der Waals surface area contributed by atoms with Crippen LogP contribution in [0.4, 0.5) is 0 Å². The summed E-state index contributed by atoms with van der Waals surface area (Å²) in [4.78, 5) is 37.9. The Kier molecular flexibility index (Phi) is 8.39. The molecule has 1 aliphatic heterocycles. The average molecular weight is 486 g/mol. The van der Waals surface area contributed by atoms with Crippen LogP contribution in [0, 0.1) is 5.92 Å². The normalized spacial score (nSPS) is 16.2. The Labute approximate surface area is 183 Å². The van der Waals surface area contributed by atoms with Crippen molar-refractivity contribution in [2.45, 2.75) is 26.3 Å². The molecule has 29 heavy (non-hydrogen) atoms. The van der Waals surface area contributed by atoms with Crippen molar-refractivity contribution < 1.29 is 23.9 Å². The number of esters is 1. The number of hydrogen-bond acceptors (Lipinski definition) is 6. The molecule has 8 nitrogen and oxygen atoms in total. The highest BCUT2D eigenvalue weighted by atomic mass is 79.9. The second-order valence-corrected chi connectivity index (χ2v) is 8.13. The van der Waals surface area contributed by atoms with Crippen molar-refractivity contribution in [1.29, 1.82) is 0 Å². The summed E-state index contributed by atoms with van der Waals surface area (Å²) < 4.78 is 11.0. The maximum Gasteiger partial charge on any atom is 0.308 e. The maximum absolute atomic E-state index is 12.6. The smallest absolute Gasteiger partial charge is 0.308 e. The SMILES string of the molecule is COC(=O)CC1C(=O)NCCN1C(=S)NC(=O)c1ccc(OCC(C)C)c(Br)c1. The van der Waals surface area contributed by atoms with E-state index in [1.165, 1.54) is 12.0 Å². The molecule has 10 heteroatoms. The summed E-state index contributed by atoms with van der Waals surface area (Å²) in [7, 11) is 1.25. The van der Waals surface area contributed by atoms with E-state index in [1.54, 1.807) is 18.2 Å². The topological polar surface area (TPSA) is 97.0 Å². The average Bonchev–Trinajstić information content (AvgIpc) is 2.68. The maximum atomic E-state index is 12.6. The zero-order chi connectivity index (χ0) is 21.6. The monoisotopic (exact) mass is 485 g/mol. The van der Waals surface area contributed by atoms with Crippen LogP contribution in [0.2, 0.25) is 0 Å². The van der Waals surface area contributed by atoms with Crippen LogP contribution < -0.4 is 15.4 Å². The molecule has 0 radical (unpaired) electrons. The minimum absolute atomic E-state index is 0.0787. The van der Waals surface area contributed by atoms with E-state index < -0.39 is 17.9 Å². The molecule has 1 fully saturated rings. The molecule has 0 aliphatic carbocycles.